The van der Waals surface area contributed by atoms with Crippen LogP contribution in [0.2, 0.25) is 10.0 Å². The fourth-order valence-electron chi connectivity index (χ4n) is 3.39. The van der Waals surface area contributed by atoms with Gasteiger partial charge in [-0.1, -0.05) is 23.2 Å². The molecule has 0 bridgehead atoms. The van der Waals surface area contributed by atoms with Gasteiger partial charge in [0.25, 0.3) is 5.91 Å². The average molecular weight is 473 g/mol. The number of hydrogen-bond acceptors (Lipinski definition) is 4. The summed E-state index contributed by atoms with van der Waals surface area (Å²) in [6, 6.07) is 8.46. The molecule has 0 spiro atoms. The Labute approximate surface area is 190 Å². The Morgan fingerprint density at radius 1 is 1.00 bits per heavy atom. The van der Waals surface area contributed by atoms with Gasteiger partial charge in [0.2, 0.25) is 0 Å². The number of hydrogen-bond donors (Lipinski definition) is 1. The fourth-order valence-corrected chi connectivity index (χ4v) is 3.62. The first kappa shape index (κ1) is 23.6. The molecule has 1 heterocycles. The van der Waals surface area contributed by atoms with Crippen LogP contribution in [-0.4, -0.2) is 37.2 Å². The molecule has 31 heavy (non-hydrogen) atoms. The van der Waals surface area contributed by atoms with Gasteiger partial charge < -0.3 is 9.47 Å². The van der Waals surface area contributed by atoms with Gasteiger partial charge in [-0.05, 0) is 55.9 Å². The lowest BCUT2D eigenvalue weighted by Crippen LogP contribution is -2.48. The molecule has 0 atom stereocenters. The van der Waals surface area contributed by atoms with Crippen LogP contribution in [0.3, 0.4) is 0 Å². The summed E-state index contributed by atoms with van der Waals surface area (Å²) in [6.07, 6.45) is 3.79. The predicted molar refractivity (Wildman–Crippen MR) is 115 cm³/mol. The summed E-state index contributed by atoms with van der Waals surface area (Å²) in [6.45, 7) is 1.80. The second-order valence-corrected chi connectivity index (χ2v) is 8.21. The standard InChI is InChI=1S/C22H24Cl2F2N2O3/c23-18-5-3-16(12-20(18)25)30-11-1-2-15-7-9-28(10-8-15)27-22(29)14-31-17-4-6-19(24)21(26)13-17/h3-6,12-13,15H,1-2,7-11,14H2,(H,27,29). The fraction of sp³-hybridized carbons (Fsp3) is 0.409. The van der Waals surface area contributed by atoms with Crippen molar-refractivity contribution < 1.29 is 23.0 Å². The Morgan fingerprint density at radius 2 is 1.58 bits per heavy atom. The van der Waals surface area contributed by atoms with Gasteiger partial charge in [-0.2, -0.15) is 0 Å². The van der Waals surface area contributed by atoms with E-state index in [1.807, 2.05) is 5.01 Å². The van der Waals surface area contributed by atoms with E-state index in [1.54, 1.807) is 6.07 Å². The van der Waals surface area contributed by atoms with E-state index in [9.17, 15) is 13.6 Å². The van der Waals surface area contributed by atoms with Gasteiger partial charge in [-0.25, -0.2) is 13.8 Å². The number of benzene rings is 2. The van der Waals surface area contributed by atoms with E-state index in [4.69, 9.17) is 32.7 Å². The van der Waals surface area contributed by atoms with E-state index >= 15 is 0 Å². The van der Waals surface area contributed by atoms with Crippen LogP contribution in [0.4, 0.5) is 8.78 Å². The lowest BCUT2D eigenvalue weighted by atomic mass is 9.93. The number of amides is 1. The molecule has 0 saturated carbocycles. The third kappa shape index (κ3) is 7.52. The number of rotatable bonds is 9. The summed E-state index contributed by atoms with van der Waals surface area (Å²) in [5.41, 5.74) is 2.81. The van der Waals surface area contributed by atoms with Crippen LogP contribution in [0.1, 0.15) is 25.7 Å². The smallest absolute Gasteiger partial charge is 0.272 e. The molecule has 5 nitrogen and oxygen atoms in total. The lowest BCUT2D eigenvalue weighted by Gasteiger charge is -2.32. The Kier molecular flexibility index (Phi) is 8.75. The highest BCUT2D eigenvalue weighted by Crippen LogP contribution is 2.23. The third-order valence-electron chi connectivity index (χ3n) is 5.07. The molecular formula is C22H24Cl2F2N2O3. The summed E-state index contributed by atoms with van der Waals surface area (Å²) in [4.78, 5) is 12.1. The normalized spacial score (nSPS) is 15.0. The maximum Gasteiger partial charge on any atom is 0.272 e. The molecule has 3 rings (SSSR count). The minimum atomic E-state index is -0.590. The number of halogens is 4. The largest absolute Gasteiger partial charge is 0.493 e. The SMILES string of the molecule is O=C(COc1ccc(Cl)c(F)c1)NN1CCC(CCCOc2ccc(Cl)c(F)c2)CC1. The van der Waals surface area contributed by atoms with Crippen LogP contribution in [0, 0.1) is 17.6 Å². The molecule has 2 aromatic carbocycles. The number of ether oxygens (including phenoxy) is 2. The maximum atomic E-state index is 13.4. The molecule has 1 amide bonds. The van der Waals surface area contributed by atoms with Crippen molar-refractivity contribution in [2.24, 2.45) is 5.92 Å². The van der Waals surface area contributed by atoms with E-state index < -0.39 is 11.6 Å². The van der Waals surface area contributed by atoms with Gasteiger partial charge >= 0.3 is 0 Å². The molecular weight excluding hydrogens is 449 g/mol. The summed E-state index contributed by atoms with van der Waals surface area (Å²) in [5, 5.41) is 1.96. The highest BCUT2D eigenvalue weighted by atomic mass is 35.5. The molecule has 0 unspecified atom stereocenters. The molecule has 1 aliphatic rings. The number of hydrazine groups is 1. The van der Waals surface area contributed by atoms with E-state index in [2.05, 4.69) is 5.43 Å². The first-order chi connectivity index (χ1) is 14.9. The van der Waals surface area contributed by atoms with E-state index in [-0.39, 0.29) is 28.3 Å². The Bertz CT molecular complexity index is 893. The Hall–Kier alpha value is -2.09. The monoisotopic (exact) mass is 472 g/mol. The molecule has 2 aromatic rings. The van der Waals surface area contributed by atoms with Crippen LogP contribution in [0.5, 0.6) is 11.5 Å². The molecule has 1 aliphatic heterocycles. The Morgan fingerprint density at radius 3 is 2.16 bits per heavy atom. The van der Waals surface area contributed by atoms with Crippen molar-refractivity contribution in [1.29, 1.82) is 0 Å². The second kappa shape index (κ2) is 11.5. The van der Waals surface area contributed by atoms with Crippen molar-refractivity contribution in [3.8, 4) is 11.5 Å². The first-order valence-electron chi connectivity index (χ1n) is 10.1. The highest BCUT2D eigenvalue weighted by molar-refractivity contribution is 6.31. The number of nitrogens with zero attached hydrogens (tertiary/aromatic N) is 1. The van der Waals surface area contributed by atoms with Gasteiger partial charge in [-0.3, -0.25) is 10.2 Å². The van der Waals surface area contributed by atoms with Gasteiger partial charge in [0.05, 0.1) is 16.7 Å². The lowest BCUT2D eigenvalue weighted by molar-refractivity contribution is -0.128. The number of carbonyl (C=O) groups excluding carboxylic acids is 1. The molecule has 1 saturated heterocycles. The molecule has 9 heteroatoms. The quantitative estimate of drug-likeness (QED) is 0.506. The van der Waals surface area contributed by atoms with E-state index in [0.29, 0.717) is 18.3 Å². The zero-order chi connectivity index (χ0) is 22.2. The minimum Gasteiger partial charge on any atom is -0.493 e. The molecule has 0 aliphatic carbocycles. The molecule has 1 N–H and O–H groups in total. The summed E-state index contributed by atoms with van der Waals surface area (Å²) in [5.74, 6) is -0.0987. The third-order valence-corrected chi connectivity index (χ3v) is 5.69. The molecule has 1 fully saturated rings. The summed E-state index contributed by atoms with van der Waals surface area (Å²) < 4.78 is 37.7. The van der Waals surface area contributed by atoms with Crippen LogP contribution >= 0.6 is 23.2 Å². The topological polar surface area (TPSA) is 50.8 Å². The van der Waals surface area contributed by atoms with E-state index in [1.165, 1.54) is 24.3 Å². The zero-order valence-corrected chi connectivity index (χ0v) is 18.4. The van der Waals surface area contributed by atoms with Gasteiger partial charge in [-0.15, -0.1) is 0 Å². The van der Waals surface area contributed by atoms with Crippen LogP contribution in [0.25, 0.3) is 0 Å². The van der Waals surface area contributed by atoms with Gasteiger partial charge in [0.1, 0.15) is 23.1 Å². The predicted octanol–water partition coefficient (Wildman–Crippen LogP) is 5.25. The number of piperidine rings is 1. The Balaban J connectivity index is 1.28. The van der Waals surface area contributed by atoms with Crippen molar-refractivity contribution in [3.05, 3.63) is 58.1 Å². The average Bonchev–Trinajstić information content (AvgIpc) is 2.75. The maximum absolute atomic E-state index is 13.4. The number of carbonyl (C=O) groups is 1. The molecule has 0 aromatic heterocycles. The highest BCUT2D eigenvalue weighted by Gasteiger charge is 2.20. The van der Waals surface area contributed by atoms with Crippen LogP contribution in [-0.2, 0) is 4.79 Å². The minimum absolute atomic E-state index is 0.00473. The summed E-state index contributed by atoms with van der Waals surface area (Å²) >= 11 is 11.3. The van der Waals surface area contributed by atoms with Crippen molar-refractivity contribution in [1.82, 2.24) is 10.4 Å². The van der Waals surface area contributed by atoms with Crippen molar-refractivity contribution >= 4 is 29.1 Å². The second-order valence-electron chi connectivity index (χ2n) is 7.40. The number of nitrogens with one attached hydrogen (secondary N) is 1. The first-order valence-corrected chi connectivity index (χ1v) is 10.9. The summed E-state index contributed by atoms with van der Waals surface area (Å²) in [7, 11) is 0. The van der Waals surface area contributed by atoms with Crippen LogP contribution in [0.15, 0.2) is 36.4 Å². The van der Waals surface area contributed by atoms with Crippen molar-refractivity contribution in [2.45, 2.75) is 25.7 Å². The van der Waals surface area contributed by atoms with Crippen molar-refractivity contribution in [2.75, 3.05) is 26.3 Å². The van der Waals surface area contributed by atoms with Gasteiger partial charge in [0, 0.05) is 25.2 Å². The molecule has 0 radical (unpaired) electrons. The van der Waals surface area contributed by atoms with Crippen molar-refractivity contribution in [3.63, 3.8) is 0 Å². The zero-order valence-electron chi connectivity index (χ0n) is 16.9. The van der Waals surface area contributed by atoms with E-state index in [0.717, 1.165) is 44.8 Å². The molecule has 168 valence electrons. The van der Waals surface area contributed by atoms with Crippen LogP contribution < -0.4 is 14.9 Å². The van der Waals surface area contributed by atoms with Gasteiger partial charge in [0.15, 0.2) is 6.61 Å².